The Hall–Kier alpha value is -1.08. The second-order valence-electron chi connectivity index (χ2n) is 4.38. The molecule has 0 saturated heterocycles. The largest absolute Gasteiger partial charge is 0.324 e. The van der Waals surface area contributed by atoms with E-state index < -0.39 is 4.32 Å². The molecule has 0 unspecified atom stereocenters. The molecule has 0 fully saturated rings. The maximum absolute atomic E-state index is 11.9. The fourth-order valence-electron chi connectivity index (χ4n) is 1.42. The summed E-state index contributed by atoms with van der Waals surface area (Å²) in [4.78, 5) is 28.3. The Bertz CT molecular complexity index is 667. The van der Waals surface area contributed by atoms with Crippen molar-refractivity contribution in [3.05, 3.63) is 27.1 Å². The van der Waals surface area contributed by atoms with E-state index in [9.17, 15) is 9.59 Å². The van der Waals surface area contributed by atoms with Crippen LogP contribution in [0.3, 0.4) is 0 Å². The molecule has 0 bridgehead atoms. The van der Waals surface area contributed by atoms with Crippen LogP contribution in [0.1, 0.15) is 13.8 Å². The molecule has 18 heavy (non-hydrogen) atoms. The highest BCUT2D eigenvalue weighted by Gasteiger charge is 2.24. The zero-order chi connectivity index (χ0) is 13.5. The standard InChI is InChI=1S/C11H11Br2N3O2/c1-11(2,13)9(17)14-6-4-8-7(3-5(6)12)15-10(18)16-8/h3-4H,1-2H3,(H,14,17)(H2,15,16,18). The molecule has 96 valence electrons. The molecule has 0 aliphatic carbocycles. The molecule has 2 aromatic rings. The Kier molecular flexibility index (Phi) is 3.37. The second kappa shape index (κ2) is 4.55. The van der Waals surface area contributed by atoms with Crippen molar-refractivity contribution in [3.8, 4) is 0 Å². The lowest BCUT2D eigenvalue weighted by Gasteiger charge is -2.16. The third-order valence-electron chi connectivity index (χ3n) is 2.39. The molecule has 1 aromatic heterocycles. The number of carbonyl (C=O) groups is 1. The van der Waals surface area contributed by atoms with Crippen LogP contribution in [-0.4, -0.2) is 20.2 Å². The molecule has 1 aromatic carbocycles. The number of carbonyl (C=O) groups excluding carboxylic acids is 1. The topological polar surface area (TPSA) is 77.8 Å². The smallest absolute Gasteiger partial charge is 0.323 e. The first-order valence-electron chi connectivity index (χ1n) is 5.19. The van der Waals surface area contributed by atoms with E-state index in [4.69, 9.17) is 0 Å². The van der Waals surface area contributed by atoms with Crippen LogP contribution in [-0.2, 0) is 4.79 Å². The molecule has 0 saturated carbocycles. The Morgan fingerprint density at radius 2 is 1.83 bits per heavy atom. The van der Waals surface area contributed by atoms with Crippen LogP contribution in [0, 0.1) is 0 Å². The van der Waals surface area contributed by atoms with Crippen LogP contribution in [0.2, 0.25) is 0 Å². The van der Waals surface area contributed by atoms with E-state index in [-0.39, 0.29) is 11.6 Å². The number of nitrogens with one attached hydrogen (secondary N) is 3. The lowest BCUT2D eigenvalue weighted by molar-refractivity contribution is -0.117. The van der Waals surface area contributed by atoms with Gasteiger partial charge in [0.15, 0.2) is 0 Å². The maximum atomic E-state index is 11.9. The average molecular weight is 377 g/mol. The van der Waals surface area contributed by atoms with Gasteiger partial charge in [-0.1, -0.05) is 15.9 Å². The maximum Gasteiger partial charge on any atom is 0.323 e. The van der Waals surface area contributed by atoms with Crippen LogP contribution in [0.4, 0.5) is 5.69 Å². The fourth-order valence-corrected chi connectivity index (χ4v) is 1.96. The van der Waals surface area contributed by atoms with Gasteiger partial charge in [-0.05, 0) is 41.9 Å². The van der Waals surface area contributed by atoms with Crippen molar-refractivity contribution in [2.24, 2.45) is 0 Å². The molecular weight excluding hydrogens is 366 g/mol. The number of fused-ring (bicyclic) bond motifs is 1. The molecule has 0 radical (unpaired) electrons. The van der Waals surface area contributed by atoms with E-state index in [1.165, 1.54) is 0 Å². The number of hydrogen-bond donors (Lipinski definition) is 3. The van der Waals surface area contributed by atoms with Crippen molar-refractivity contribution < 1.29 is 4.79 Å². The summed E-state index contributed by atoms with van der Waals surface area (Å²) in [6.45, 7) is 3.51. The SMILES string of the molecule is CC(C)(Br)C(=O)Nc1cc2[nH]c(=O)[nH]c2cc1Br. The summed E-state index contributed by atoms with van der Waals surface area (Å²) in [6, 6.07) is 3.44. The van der Waals surface area contributed by atoms with E-state index in [2.05, 4.69) is 47.1 Å². The zero-order valence-corrected chi connectivity index (χ0v) is 12.9. The second-order valence-corrected chi connectivity index (χ2v) is 7.22. The minimum atomic E-state index is -0.660. The van der Waals surface area contributed by atoms with Gasteiger partial charge in [-0.3, -0.25) is 4.79 Å². The van der Waals surface area contributed by atoms with Crippen molar-refractivity contribution >= 4 is 54.5 Å². The number of hydrogen-bond acceptors (Lipinski definition) is 2. The number of amides is 1. The Morgan fingerprint density at radius 1 is 1.28 bits per heavy atom. The van der Waals surface area contributed by atoms with Gasteiger partial charge < -0.3 is 15.3 Å². The van der Waals surface area contributed by atoms with Gasteiger partial charge >= 0.3 is 5.69 Å². The summed E-state index contributed by atoms with van der Waals surface area (Å²) in [5.41, 5.74) is 1.66. The van der Waals surface area contributed by atoms with Gasteiger partial charge in [-0.15, -0.1) is 0 Å². The van der Waals surface area contributed by atoms with E-state index in [0.717, 1.165) is 0 Å². The summed E-state index contributed by atoms with van der Waals surface area (Å²) < 4.78 is 0.0443. The van der Waals surface area contributed by atoms with Gasteiger partial charge in [0.05, 0.1) is 21.0 Å². The molecule has 0 aliphatic rings. The summed E-state index contributed by atoms with van der Waals surface area (Å²) >= 11 is 6.64. The number of anilines is 1. The van der Waals surface area contributed by atoms with Crippen LogP contribution < -0.4 is 11.0 Å². The third kappa shape index (κ3) is 2.67. The number of alkyl halides is 1. The molecule has 3 N–H and O–H groups in total. The molecule has 5 nitrogen and oxygen atoms in total. The number of halogens is 2. The molecule has 1 heterocycles. The summed E-state index contributed by atoms with van der Waals surface area (Å²) in [7, 11) is 0. The third-order valence-corrected chi connectivity index (χ3v) is 3.41. The summed E-state index contributed by atoms with van der Waals surface area (Å²) in [5.74, 6) is -0.166. The van der Waals surface area contributed by atoms with E-state index >= 15 is 0 Å². The van der Waals surface area contributed by atoms with Crippen LogP contribution >= 0.6 is 31.9 Å². The molecule has 1 amide bonds. The average Bonchev–Trinajstić information content (AvgIpc) is 2.56. The minimum absolute atomic E-state index is 0.166. The molecule has 2 rings (SSSR count). The quantitative estimate of drug-likeness (QED) is 0.704. The highest BCUT2D eigenvalue weighted by molar-refractivity contribution is 9.10. The van der Waals surface area contributed by atoms with E-state index in [1.807, 2.05) is 0 Å². The van der Waals surface area contributed by atoms with Crippen molar-refractivity contribution in [2.75, 3.05) is 5.32 Å². The van der Waals surface area contributed by atoms with Gasteiger partial charge in [0, 0.05) is 4.47 Å². The first-order valence-corrected chi connectivity index (χ1v) is 6.78. The van der Waals surface area contributed by atoms with Gasteiger partial charge in [-0.2, -0.15) is 0 Å². The molecule has 0 atom stereocenters. The van der Waals surface area contributed by atoms with Crippen molar-refractivity contribution in [1.29, 1.82) is 0 Å². The fraction of sp³-hybridized carbons (Fsp3) is 0.273. The summed E-state index contributed by atoms with van der Waals surface area (Å²) in [6.07, 6.45) is 0. The van der Waals surface area contributed by atoms with Crippen LogP contribution in [0.15, 0.2) is 21.4 Å². The number of rotatable bonds is 2. The predicted octanol–water partition coefficient (Wildman–Crippen LogP) is 2.73. The molecule has 7 heteroatoms. The van der Waals surface area contributed by atoms with E-state index in [0.29, 0.717) is 21.2 Å². The minimum Gasteiger partial charge on any atom is -0.324 e. The van der Waals surface area contributed by atoms with Crippen LogP contribution in [0.25, 0.3) is 11.0 Å². The number of benzene rings is 1. The Labute approximate surface area is 120 Å². The molecular formula is C11H11Br2N3O2. The monoisotopic (exact) mass is 375 g/mol. The normalized spacial score (nSPS) is 11.8. The van der Waals surface area contributed by atoms with Gasteiger partial charge in [0.1, 0.15) is 0 Å². The lowest BCUT2D eigenvalue weighted by atomic mass is 10.2. The van der Waals surface area contributed by atoms with Crippen LogP contribution in [0.5, 0.6) is 0 Å². The van der Waals surface area contributed by atoms with Gasteiger partial charge in [-0.25, -0.2) is 4.79 Å². The highest BCUT2D eigenvalue weighted by Crippen LogP contribution is 2.28. The highest BCUT2D eigenvalue weighted by atomic mass is 79.9. The zero-order valence-electron chi connectivity index (χ0n) is 9.73. The number of imidazole rings is 1. The number of aromatic nitrogens is 2. The first-order chi connectivity index (χ1) is 8.27. The van der Waals surface area contributed by atoms with Crippen molar-refractivity contribution in [1.82, 2.24) is 9.97 Å². The van der Waals surface area contributed by atoms with Gasteiger partial charge in [0.2, 0.25) is 5.91 Å². The van der Waals surface area contributed by atoms with Gasteiger partial charge in [0.25, 0.3) is 0 Å². The number of H-pyrrole nitrogens is 2. The predicted molar refractivity (Wildman–Crippen MR) is 78.3 cm³/mol. The van der Waals surface area contributed by atoms with Crippen molar-refractivity contribution in [2.45, 2.75) is 18.2 Å². The van der Waals surface area contributed by atoms with E-state index in [1.54, 1.807) is 26.0 Å². The Morgan fingerprint density at radius 3 is 2.39 bits per heavy atom. The molecule has 0 aliphatic heterocycles. The number of aromatic amines is 2. The lowest BCUT2D eigenvalue weighted by Crippen LogP contribution is -2.31. The first kappa shape index (κ1) is 13.4. The molecule has 0 spiro atoms. The summed E-state index contributed by atoms with van der Waals surface area (Å²) in [5, 5.41) is 2.78. The van der Waals surface area contributed by atoms with Crippen molar-refractivity contribution in [3.63, 3.8) is 0 Å². The Balaban J connectivity index is 2.42.